The average Bonchev–Trinajstić information content (AvgIpc) is 2.53. The van der Waals surface area contributed by atoms with Crippen LogP contribution in [0.1, 0.15) is 50.4 Å². The van der Waals surface area contributed by atoms with E-state index in [9.17, 15) is 4.79 Å². The van der Waals surface area contributed by atoms with Crippen molar-refractivity contribution in [2.75, 3.05) is 0 Å². The molecule has 0 unspecified atom stereocenters. The van der Waals surface area contributed by atoms with Gasteiger partial charge < -0.3 is 5.32 Å². The van der Waals surface area contributed by atoms with E-state index in [2.05, 4.69) is 38.2 Å². The predicted molar refractivity (Wildman–Crippen MR) is 97.2 cm³/mol. The third-order valence-corrected chi connectivity index (χ3v) is 3.86. The first-order valence-electron chi connectivity index (χ1n) is 8.00. The molecule has 0 heterocycles. The van der Waals surface area contributed by atoms with E-state index in [1.165, 1.54) is 5.56 Å². The number of benzene rings is 2. The van der Waals surface area contributed by atoms with E-state index in [0.717, 1.165) is 11.1 Å². The van der Waals surface area contributed by atoms with Gasteiger partial charge in [-0.1, -0.05) is 75.4 Å². The van der Waals surface area contributed by atoms with Crippen LogP contribution in [0.15, 0.2) is 60.7 Å². The first-order valence-corrected chi connectivity index (χ1v) is 8.00. The van der Waals surface area contributed by atoms with Gasteiger partial charge in [-0.05, 0) is 35.1 Å². The first kappa shape index (κ1) is 17.0. The number of rotatable bonds is 4. The largest absolute Gasteiger partial charge is 0.346 e. The zero-order chi connectivity index (χ0) is 16.9. The van der Waals surface area contributed by atoms with Gasteiger partial charge in [-0.2, -0.15) is 0 Å². The molecule has 0 radical (unpaired) electrons. The van der Waals surface area contributed by atoms with Crippen LogP contribution in [0.2, 0.25) is 0 Å². The maximum atomic E-state index is 12.0. The molecule has 2 nitrogen and oxygen atoms in total. The van der Waals surface area contributed by atoms with Crippen molar-refractivity contribution >= 4 is 12.0 Å². The van der Waals surface area contributed by atoms with Crippen molar-refractivity contribution in [3.05, 3.63) is 77.4 Å². The quantitative estimate of drug-likeness (QED) is 0.802. The summed E-state index contributed by atoms with van der Waals surface area (Å²) in [4.78, 5) is 12.0. The molecule has 0 aliphatic carbocycles. The van der Waals surface area contributed by atoms with Crippen LogP contribution in [0.3, 0.4) is 0 Å². The normalized spacial score (nSPS) is 13.0. The van der Waals surface area contributed by atoms with Gasteiger partial charge in [0.15, 0.2) is 0 Å². The minimum absolute atomic E-state index is 0.00313. The van der Waals surface area contributed by atoms with Crippen molar-refractivity contribution in [2.45, 2.75) is 39.2 Å². The number of amides is 1. The summed E-state index contributed by atoms with van der Waals surface area (Å²) in [6.45, 7) is 8.56. The zero-order valence-corrected chi connectivity index (χ0v) is 14.3. The zero-order valence-electron chi connectivity index (χ0n) is 14.3. The molecule has 1 amide bonds. The first-order chi connectivity index (χ1) is 10.9. The Bertz CT molecular complexity index is 663. The summed E-state index contributed by atoms with van der Waals surface area (Å²) in [5.74, 6) is -0.0822. The van der Waals surface area contributed by atoms with Crippen LogP contribution in [0.5, 0.6) is 0 Å². The molecule has 0 bridgehead atoms. The molecular weight excluding hydrogens is 282 g/mol. The van der Waals surface area contributed by atoms with Crippen LogP contribution >= 0.6 is 0 Å². The molecule has 0 fully saturated rings. The average molecular weight is 307 g/mol. The lowest BCUT2D eigenvalue weighted by Gasteiger charge is -2.18. The van der Waals surface area contributed by atoms with Gasteiger partial charge in [0.1, 0.15) is 0 Å². The number of hydrogen-bond donors (Lipinski definition) is 1. The minimum Gasteiger partial charge on any atom is -0.346 e. The van der Waals surface area contributed by atoms with Gasteiger partial charge in [-0.15, -0.1) is 0 Å². The highest BCUT2D eigenvalue weighted by Gasteiger charge is 2.12. The molecule has 2 rings (SSSR count). The number of carbonyl (C=O) groups is 1. The van der Waals surface area contributed by atoms with Crippen molar-refractivity contribution < 1.29 is 4.79 Å². The second-order valence-corrected chi connectivity index (χ2v) is 6.85. The maximum absolute atomic E-state index is 12.0. The fourth-order valence-electron chi connectivity index (χ4n) is 2.35. The van der Waals surface area contributed by atoms with Crippen molar-refractivity contribution in [1.82, 2.24) is 5.32 Å². The summed E-state index contributed by atoms with van der Waals surface area (Å²) in [7, 11) is 0. The van der Waals surface area contributed by atoms with Crippen LogP contribution in [-0.4, -0.2) is 5.91 Å². The van der Waals surface area contributed by atoms with E-state index in [-0.39, 0.29) is 17.4 Å². The molecule has 2 heteroatoms. The summed E-state index contributed by atoms with van der Waals surface area (Å²) in [5.41, 5.74) is 3.56. The summed E-state index contributed by atoms with van der Waals surface area (Å²) in [6.07, 6.45) is 3.44. The summed E-state index contributed by atoms with van der Waals surface area (Å²) < 4.78 is 0. The van der Waals surface area contributed by atoms with E-state index in [1.807, 2.05) is 55.5 Å². The molecular formula is C21H25NO. The Hall–Kier alpha value is -2.35. The van der Waals surface area contributed by atoms with Crippen LogP contribution in [0, 0.1) is 0 Å². The lowest BCUT2D eigenvalue weighted by atomic mass is 9.87. The van der Waals surface area contributed by atoms with Gasteiger partial charge in [0.2, 0.25) is 5.91 Å². The van der Waals surface area contributed by atoms with Crippen LogP contribution in [-0.2, 0) is 10.2 Å². The van der Waals surface area contributed by atoms with Gasteiger partial charge in [0, 0.05) is 6.08 Å². The fraction of sp³-hybridized carbons (Fsp3) is 0.286. The Kier molecular flexibility index (Phi) is 5.38. The maximum Gasteiger partial charge on any atom is 0.244 e. The highest BCUT2D eigenvalue weighted by atomic mass is 16.1. The second-order valence-electron chi connectivity index (χ2n) is 6.85. The monoisotopic (exact) mass is 307 g/mol. The third-order valence-electron chi connectivity index (χ3n) is 3.86. The van der Waals surface area contributed by atoms with Crippen molar-refractivity contribution in [3.63, 3.8) is 0 Å². The molecule has 0 saturated carbocycles. The van der Waals surface area contributed by atoms with Crippen molar-refractivity contribution in [3.8, 4) is 0 Å². The van der Waals surface area contributed by atoms with Gasteiger partial charge in [-0.25, -0.2) is 0 Å². The molecule has 2 aromatic rings. The van der Waals surface area contributed by atoms with Gasteiger partial charge in [0.25, 0.3) is 0 Å². The van der Waals surface area contributed by atoms with Gasteiger partial charge in [-0.3, -0.25) is 4.79 Å². The summed E-state index contributed by atoms with van der Waals surface area (Å²) >= 11 is 0. The summed E-state index contributed by atoms with van der Waals surface area (Å²) in [5, 5.41) is 2.98. The van der Waals surface area contributed by atoms with E-state index >= 15 is 0 Å². The predicted octanol–water partition coefficient (Wildman–Crippen LogP) is 4.87. The molecule has 0 aliphatic heterocycles. The fourth-order valence-corrected chi connectivity index (χ4v) is 2.35. The lowest BCUT2D eigenvalue weighted by Crippen LogP contribution is -2.24. The molecule has 120 valence electrons. The van der Waals surface area contributed by atoms with Gasteiger partial charge >= 0.3 is 0 Å². The number of nitrogens with one attached hydrogen (secondary N) is 1. The molecule has 0 aromatic heterocycles. The van der Waals surface area contributed by atoms with E-state index in [0.29, 0.717) is 0 Å². The Morgan fingerprint density at radius 2 is 1.61 bits per heavy atom. The smallest absolute Gasteiger partial charge is 0.244 e. The van der Waals surface area contributed by atoms with Crippen LogP contribution < -0.4 is 5.32 Å². The Morgan fingerprint density at radius 3 is 2.17 bits per heavy atom. The molecule has 1 N–H and O–H groups in total. The molecule has 23 heavy (non-hydrogen) atoms. The molecule has 0 aliphatic rings. The number of hydrogen-bond acceptors (Lipinski definition) is 1. The van der Waals surface area contributed by atoms with Gasteiger partial charge in [0.05, 0.1) is 6.04 Å². The molecule has 2 aromatic carbocycles. The SMILES string of the molecule is C[C@@H](NC(=O)/C=C/c1ccc(C(C)(C)C)cc1)c1ccccc1. The molecule has 0 spiro atoms. The topological polar surface area (TPSA) is 29.1 Å². The van der Waals surface area contributed by atoms with Crippen LogP contribution in [0.25, 0.3) is 6.08 Å². The van der Waals surface area contributed by atoms with Crippen molar-refractivity contribution in [2.24, 2.45) is 0 Å². The summed E-state index contributed by atoms with van der Waals surface area (Å²) in [6, 6.07) is 18.3. The second kappa shape index (κ2) is 7.28. The van der Waals surface area contributed by atoms with Crippen LogP contribution in [0.4, 0.5) is 0 Å². The molecule has 0 saturated heterocycles. The Balaban J connectivity index is 1.96. The van der Waals surface area contributed by atoms with Crippen molar-refractivity contribution in [1.29, 1.82) is 0 Å². The number of carbonyl (C=O) groups excluding carboxylic acids is 1. The minimum atomic E-state index is -0.0822. The molecule has 1 atom stereocenters. The van der Waals surface area contributed by atoms with E-state index in [1.54, 1.807) is 6.08 Å². The highest BCUT2D eigenvalue weighted by molar-refractivity contribution is 5.91. The Morgan fingerprint density at radius 1 is 1.00 bits per heavy atom. The van der Waals surface area contributed by atoms with E-state index in [4.69, 9.17) is 0 Å². The standard InChI is InChI=1S/C21H25NO/c1-16(18-8-6-5-7-9-18)22-20(23)15-12-17-10-13-19(14-11-17)21(2,3)4/h5-16H,1-4H3,(H,22,23)/b15-12+/t16-/m1/s1. The Labute approximate surface area is 139 Å². The third kappa shape index (κ3) is 5.10. The lowest BCUT2D eigenvalue weighted by molar-refractivity contribution is -0.117. The highest BCUT2D eigenvalue weighted by Crippen LogP contribution is 2.22. The van der Waals surface area contributed by atoms with E-state index < -0.39 is 0 Å².